The van der Waals surface area contributed by atoms with Gasteiger partial charge in [-0.1, -0.05) is 24.3 Å². The SMILES string of the molecule is Cc1ncc(CO)c(CNC(=O)C=CC=Cc2ccc(O)c(O)c2)c1O. The molecule has 0 unspecified atom stereocenters. The molecule has 0 fully saturated rings. The monoisotopic (exact) mass is 356 g/mol. The number of rotatable bonds is 6. The van der Waals surface area contributed by atoms with Gasteiger partial charge in [-0.2, -0.15) is 0 Å². The standard InChI is InChI=1S/C19H20N2O5/c1-12-19(26)15(14(11-22)9-20-12)10-21-18(25)5-3-2-4-13-6-7-16(23)17(24)8-13/h2-9,22-24,26H,10-11H2,1H3,(H,21,25). The lowest BCUT2D eigenvalue weighted by molar-refractivity contribution is -0.116. The van der Waals surface area contributed by atoms with Gasteiger partial charge < -0.3 is 25.7 Å². The van der Waals surface area contributed by atoms with Gasteiger partial charge in [-0.05, 0) is 24.6 Å². The summed E-state index contributed by atoms with van der Waals surface area (Å²) in [5, 5.41) is 40.6. The molecule has 0 aliphatic carbocycles. The van der Waals surface area contributed by atoms with Crippen LogP contribution < -0.4 is 5.32 Å². The van der Waals surface area contributed by atoms with Gasteiger partial charge in [-0.25, -0.2) is 0 Å². The van der Waals surface area contributed by atoms with Crippen LogP contribution in [0, 0.1) is 6.92 Å². The third-order valence-electron chi connectivity index (χ3n) is 3.69. The summed E-state index contributed by atoms with van der Waals surface area (Å²) in [6.07, 6.45) is 7.55. The fraction of sp³-hybridized carbons (Fsp3) is 0.158. The van der Waals surface area contributed by atoms with Crippen molar-refractivity contribution in [3.05, 3.63) is 65.0 Å². The molecule has 0 spiro atoms. The van der Waals surface area contributed by atoms with Crippen molar-refractivity contribution >= 4 is 12.0 Å². The Kier molecular flexibility index (Phi) is 6.35. The van der Waals surface area contributed by atoms with Crippen molar-refractivity contribution in [2.75, 3.05) is 0 Å². The van der Waals surface area contributed by atoms with E-state index in [2.05, 4.69) is 10.3 Å². The van der Waals surface area contributed by atoms with E-state index in [9.17, 15) is 25.2 Å². The van der Waals surface area contributed by atoms with E-state index in [1.807, 2.05) is 0 Å². The highest BCUT2D eigenvalue weighted by Crippen LogP contribution is 2.25. The van der Waals surface area contributed by atoms with Crippen molar-refractivity contribution in [3.8, 4) is 17.2 Å². The summed E-state index contributed by atoms with van der Waals surface area (Å²) >= 11 is 0. The second-order valence-corrected chi connectivity index (χ2v) is 5.54. The molecule has 0 aliphatic heterocycles. The van der Waals surface area contributed by atoms with Crippen LogP contribution in [-0.2, 0) is 17.9 Å². The summed E-state index contributed by atoms with van der Waals surface area (Å²) in [5.74, 6) is -0.844. The van der Waals surface area contributed by atoms with Crippen LogP contribution in [-0.4, -0.2) is 31.3 Å². The first-order valence-corrected chi connectivity index (χ1v) is 7.84. The highest BCUT2D eigenvalue weighted by Gasteiger charge is 2.11. The number of aryl methyl sites for hydroxylation is 1. The first-order chi connectivity index (χ1) is 12.4. The molecular formula is C19H20N2O5. The van der Waals surface area contributed by atoms with Gasteiger partial charge in [0.1, 0.15) is 5.75 Å². The van der Waals surface area contributed by atoms with Crippen molar-refractivity contribution in [1.82, 2.24) is 10.3 Å². The van der Waals surface area contributed by atoms with Crippen LogP contribution in [0.1, 0.15) is 22.4 Å². The number of phenolic OH excluding ortho intramolecular Hbond substituents is 2. The first kappa shape index (κ1) is 19.0. The van der Waals surface area contributed by atoms with Gasteiger partial charge in [0.05, 0.1) is 12.3 Å². The zero-order chi connectivity index (χ0) is 19.1. The average molecular weight is 356 g/mol. The predicted octanol–water partition coefficient (Wildman–Crippen LogP) is 1.88. The molecule has 1 aromatic carbocycles. The number of amides is 1. The molecule has 26 heavy (non-hydrogen) atoms. The summed E-state index contributed by atoms with van der Waals surface area (Å²) in [6.45, 7) is 1.40. The van der Waals surface area contributed by atoms with Crippen molar-refractivity contribution < 1.29 is 25.2 Å². The number of aliphatic hydroxyl groups is 1. The van der Waals surface area contributed by atoms with E-state index in [1.54, 1.807) is 25.1 Å². The third kappa shape index (κ3) is 4.84. The topological polar surface area (TPSA) is 123 Å². The zero-order valence-corrected chi connectivity index (χ0v) is 14.2. The highest BCUT2D eigenvalue weighted by atomic mass is 16.3. The fourth-order valence-electron chi connectivity index (χ4n) is 2.21. The van der Waals surface area contributed by atoms with Gasteiger partial charge in [0, 0.05) is 29.9 Å². The van der Waals surface area contributed by atoms with E-state index >= 15 is 0 Å². The number of aromatic hydroxyl groups is 3. The number of hydrogen-bond acceptors (Lipinski definition) is 6. The molecule has 7 heteroatoms. The van der Waals surface area contributed by atoms with Crippen molar-refractivity contribution in [3.63, 3.8) is 0 Å². The number of carbonyl (C=O) groups excluding carboxylic acids is 1. The molecular weight excluding hydrogens is 336 g/mol. The average Bonchev–Trinajstić information content (AvgIpc) is 2.62. The molecule has 2 aromatic rings. The van der Waals surface area contributed by atoms with E-state index in [1.165, 1.54) is 30.5 Å². The minimum atomic E-state index is -0.374. The van der Waals surface area contributed by atoms with Crippen LogP contribution in [0.3, 0.4) is 0 Å². The van der Waals surface area contributed by atoms with Crippen LogP contribution >= 0.6 is 0 Å². The van der Waals surface area contributed by atoms with Crippen LogP contribution in [0.2, 0.25) is 0 Å². The molecule has 0 radical (unpaired) electrons. The van der Waals surface area contributed by atoms with E-state index < -0.39 is 0 Å². The van der Waals surface area contributed by atoms with Crippen molar-refractivity contribution in [2.24, 2.45) is 0 Å². The number of pyridine rings is 1. The molecule has 0 atom stereocenters. The van der Waals surface area contributed by atoms with E-state index in [0.29, 0.717) is 22.4 Å². The Bertz CT molecular complexity index is 859. The van der Waals surface area contributed by atoms with Gasteiger partial charge in [0.15, 0.2) is 11.5 Å². The Balaban J connectivity index is 1.95. The number of phenols is 2. The normalized spacial score (nSPS) is 11.3. The first-order valence-electron chi connectivity index (χ1n) is 7.84. The quantitative estimate of drug-likeness (QED) is 0.306. The molecule has 0 saturated carbocycles. The number of aromatic nitrogens is 1. The molecule has 1 amide bonds. The third-order valence-corrected chi connectivity index (χ3v) is 3.69. The molecule has 0 aliphatic rings. The van der Waals surface area contributed by atoms with Crippen LogP contribution in [0.15, 0.2) is 42.6 Å². The summed E-state index contributed by atoms with van der Waals surface area (Å²) in [5.41, 5.74) is 1.96. The summed E-state index contributed by atoms with van der Waals surface area (Å²) in [4.78, 5) is 15.8. The smallest absolute Gasteiger partial charge is 0.244 e. The Morgan fingerprint density at radius 3 is 2.65 bits per heavy atom. The molecule has 5 N–H and O–H groups in total. The van der Waals surface area contributed by atoms with Crippen LogP contribution in [0.4, 0.5) is 0 Å². The molecule has 0 saturated heterocycles. The highest BCUT2D eigenvalue weighted by molar-refractivity contribution is 5.87. The minimum absolute atomic E-state index is 0.0483. The van der Waals surface area contributed by atoms with Gasteiger partial charge in [-0.3, -0.25) is 9.78 Å². The predicted molar refractivity (Wildman–Crippen MR) is 96.4 cm³/mol. The number of hydrogen-bond donors (Lipinski definition) is 5. The maximum absolute atomic E-state index is 11.9. The van der Waals surface area contributed by atoms with Gasteiger partial charge in [0.25, 0.3) is 0 Å². The number of nitrogens with zero attached hydrogens (tertiary/aromatic N) is 1. The summed E-state index contributed by atoms with van der Waals surface area (Å²) in [6, 6.07) is 4.38. The molecule has 1 heterocycles. The maximum atomic E-state index is 11.9. The number of nitrogens with one attached hydrogen (secondary N) is 1. The molecule has 136 valence electrons. The lowest BCUT2D eigenvalue weighted by Crippen LogP contribution is -2.21. The van der Waals surface area contributed by atoms with Crippen molar-refractivity contribution in [2.45, 2.75) is 20.1 Å². The lowest BCUT2D eigenvalue weighted by atomic mass is 10.1. The Morgan fingerprint density at radius 1 is 1.19 bits per heavy atom. The van der Waals surface area contributed by atoms with Gasteiger partial charge in [0.2, 0.25) is 5.91 Å². The second-order valence-electron chi connectivity index (χ2n) is 5.54. The zero-order valence-electron chi connectivity index (χ0n) is 14.2. The number of allylic oxidation sites excluding steroid dienone is 2. The Morgan fingerprint density at radius 2 is 1.96 bits per heavy atom. The second kappa shape index (κ2) is 8.68. The van der Waals surface area contributed by atoms with E-state index in [-0.39, 0.29) is 36.3 Å². The lowest BCUT2D eigenvalue weighted by Gasteiger charge is -2.11. The minimum Gasteiger partial charge on any atom is -0.506 e. The van der Waals surface area contributed by atoms with Crippen LogP contribution in [0.5, 0.6) is 17.2 Å². The maximum Gasteiger partial charge on any atom is 0.244 e. The Labute approximate surface area is 150 Å². The van der Waals surface area contributed by atoms with E-state index in [4.69, 9.17) is 0 Å². The largest absolute Gasteiger partial charge is 0.506 e. The van der Waals surface area contributed by atoms with E-state index in [0.717, 1.165) is 0 Å². The molecule has 7 nitrogen and oxygen atoms in total. The number of benzene rings is 1. The Hall–Kier alpha value is -3.32. The number of carbonyl (C=O) groups is 1. The van der Waals surface area contributed by atoms with Gasteiger partial charge >= 0.3 is 0 Å². The van der Waals surface area contributed by atoms with Gasteiger partial charge in [-0.15, -0.1) is 0 Å². The summed E-state index contributed by atoms with van der Waals surface area (Å²) in [7, 11) is 0. The molecule has 2 rings (SSSR count). The number of aliphatic hydroxyl groups excluding tert-OH is 1. The summed E-state index contributed by atoms with van der Waals surface area (Å²) < 4.78 is 0. The fourth-order valence-corrected chi connectivity index (χ4v) is 2.21. The van der Waals surface area contributed by atoms with Crippen molar-refractivity contribution in [1.29, 1.82) is 0 Å². The molecule has 1 aromatic heterocycles. The van der Waals surface area contributed by atoms with Crippen LogP contribution in [0.25, 0.3) is 6.08 Å². The molecule has 0 bridgehead atoms.